The summed E-state index contributed by atoms with van der Waals surface area (Å²) in [5.74, 6) is -0.984. The van der Waals surface area contributed by atoms with Gasteiger partial charge in [0.25, 0.3) is 11.6 Å². The average molecular weight is 397 g/mol. The second kappa shape index (κ2) is 8.34. The summed E-state index contributed by atoms with van der Waals surface area (Å²) in [5.41, 5.74) is 0.936. The molecule has 0 radical (unpaired) electrons. The molecule has 0 aliphatic heterocycles. The second-order valence-electron chi connectivity index (χ2n) is 6.18. The Morgan fingerprint density at radius 1 is 1.07 bits per heavy atom. The van der Waals surface area contributed by atoms with Gasteiger partial charge in [-0.25, -0.2) is 4.39 Å². The number of amides is 2. The summed E-state index contributed by atoms with van der Waals surface area (Å²) in [6, 6.07) is 14.0. The number of rotatable bonds is 6. The van der Waals surface area contributed by atoms with E-state index in [0.717, 1.165) is 0 Å². The number of furan rings is 1. The van der Waals surface area contributed by atoms with Crippen molar-refractivity contribution >= 4 is 23.2 Å². The molecule has 29 heavy (non-hydrogen) atoms. The SMILES string of the molecule is CN(CC(=O)Nc1ccc(F)cc1)C(=O)c1ccc(-c2ccc([N+](=O)[O-])cc2)o1. The van der Waals surface area contributed by atoms with Crippen molar-refractivity contribution in [3.05, 3.63) is 82.4 Å². The largest absolute Gasteiger partial charge is 0.451 e. The third kappa shape index (κ3) is 4.83. The van der Waals surface area contributed by atoms with E-state index in [0.29, 0.717) is 17.0 Å². The summed E-state index contributed by atoms with van der Waals surface area (Å²) in [6.45, 7) is -0.232. The van der Waals surface area contributed by atoms with Crippen molar-refractivity contribution < 1.29 is 23.3 Å². The Morgan fingerprint density at radius 2 is 1.72 bits per heavy atom. The summed E-state index contributed by atoms with van der Waals surface area (Å²) >= 11 is 0. The number of nitrogens with one attached hydrogen (secondary N) is 1. The van der Waals surface area contributed by atoms with E-state index in [1.807, 2.05) is 0 Å². The highest BCUT2D eigenvalue weighted by Crippen LogP contribution is 2.25. The van der Waals surface area contributed by atoms with Crippen molar-refractivity contribution in [2.45, 2.75) is 0 Å². The molecule has 1 heterocycles. The second-order valence-corrected chi connectivity index (χ2v) is 6.18. The molecule has 1 N–H and O–H groups in total. The zero-order chi connectivity index (χ0) is 21.0. The monoisotopic (exact) mass is 397 g/mol. The van der Waals surface area contributed by atoms with Gasteiger partial charge in [0, 0.05) is 30.4 Å². The van der Waals surface area contributed by atoms with Gasteiger partial charge in [0.15, 0.2) is 5.76 Å². The van der Waals surface area contributed by atoms with Gasteiger partial charge in [0.05, 0.1) is 11.5 Å². The predicted molar refractivity (Wildman–Crippen MR) is 103 cm³/mol. The number of nitrogens with zero attached hydrogens (tertiary/aromatic N) is 2. The van der Waals surface area contributed by atoms with Crippen LogP contribution in [0.4, 0.5) is 15.8 Å². The number of benzene rings is 2. The van der Waals surface area contributed by atoms with Gasteiger partial charge in [-0.1, -0.05) is 0 Å². The number of likely N-dealkylation sites (N-methyl/N-ethyl adjacent to an activating group) is 1. The highest BCUT2D eigenvalue weighted by molar-refractivity contribution is 5.98. The van der Waals surface area contributed by atoms with Crippen LogP contribution in [0.15, 0.2) is 65.1 Å². The predicted octanol–water partition coefficient (Wildman–Crippen LogP) is 3.70. The molecule has 8 nitrogen and oxygen atoms in total. The van der Waals surface area contributed by atoms with Crippen molar-refractivity contribution in [1.82, 2.24) is 4.90 Å². The van der Waals surface area contributed by atoms with Crippen LogP contribution in [0.1, 0.15) is 10.6 Å². The van der Waals surface area contributed by atoms with E-state index in [9.17, 15) is 24.1 Å². The molecule has 2 aromatic carbocycles. The first kappa shape index (κ1) is 19.7. The molecule has 0 bridgehead atoms. The Balaban J connectivity index is 1.63. The summed E-state index contributed by atoms with van der Waals surface area (Å²) in [6.07, 6.45) is 0. The van der Waals surface area contributed by atoms with Gasteiger partial charge in [0.2, 0.25) is 5.91 Å². The number of nitro groups is 1. The zero-order valence-corrected chi connectivity index (χ0v) is 15.3. The molecule has 0 aliphatic rings. The molecule has 0 fully saturated rings. The Hall–Kier alpha value is -4.01. The molecule has 0 spiro atoms. The smallest absolute Gasteiger partial charge is 0.289 e. The highest BCUT2D eigenvalue weighted by atomic mass is 19.1. The van der Waals surface area contributed by atoms with Crippen LogP contribution in [0.2, 0.25) is 0 Å². The summed E-state index contributed by atoms with van der Waals surface area (Å²) in [5, 5.41) is 13.3. The van der Waals surface area contributed by atoms with Gasteiger partial charge in [-0.05, 0) is 48.5 Å². The zero-order valence-electron chi connectivity index (χ0n) is 15.3. The van der Waals surface area contributed by atoms with Crippen LogP contribution in [-0.2, 0) is 4.79 Å². The number of anilines is 1. The molecule has 3 aromatic rings. The fraction of sp³-hybridized carbons (Fsp3) is 0.100. The molecular weight excluding hydrogens is 381 g/mol. The van der Waals surface area contributed by atoms with Crippen LogP contribution >= 0.6 is 0 Å². The molecule has 3 rings (SSSR count). The van der Waals surface area contributed by atoms with Gasteiger partial charge in [-0.2, -0.15) is 0 Å². The fourth-order valence-electron chi connectivity index (χ4n) is 2.56. The number of non-ortho nitro benzene ring substituents is 1. The van der Waals surface area contributed by atoms with Crippen LogP contribution in [0.25, 0.3) is 11.3 Å². The third-order valence-electron chi connectivity index (χ3n) is 4.03. The number of carbonyl (C=O) groups is 2. The first-order valence-electron chi connectivity index (χ1n) is 8.49. The van der Waals surface area contributed by atoms with E-state index in [1.165, 1.54) is 66.5 Å². The minimum Gasteiger partial charge on any atom is -0.451 e. The molecule has 0 aliphatic carbocycles. The lowest BCUT2D eigenvalue weighted by molar-refractivity contribution is -0.384. The van der Waals surface area contributed by atoms with Gasteiger partial charge in [0.1, 0.15) is 11.6 Å². The lowest BCUT2D eigenvalue weighted by Gasteiger charge is -2.15. The van der Waals surface area contributed by atoms with Crippen LogP contribution in [0.3, 0.4) is 0 Å². The minimum absolute atomic E-state index is 0.0236. The number of nitro benzene ring substituents is 1. The molecular formula is C20H16FN3O5. The maximum Gasteiger partial charge on any atom is 0.289 e. The van der Waals surface area contributed by atoms with E-state index in [-0.39, 0.29) is 18.0 Å². The molecule has 9 heteroatoms. The lowest BCUT2D eigenvalue weighted by Crippen LogP contribution is -2.34. The first-order valence-corrected chi connectivity index (χ1v) is 8.49. The summed E-state index contributed by atoms with van der Waals surface area (Å²) in [4.78, 5) is 35.9. The van der Waals surface area contributed by atoms with E-state index in [2.05, 4.69) is 5.32 Å². The summed E-state index contributed by atoms with van der Waals surface area (Å²) in [7, 11) is 1.45. The van der Waals surface area contributed by atoms with Gasteiger partial charge >= 0.3 is 0 Å². The Labute approximate surface area is 164 Å². The molecule has 0 saturated heterocycles. The lowest BCUT2D eigenvalue weighted by atomic mass is 10.1. The van der Waals surface area contributed by atoms with Gasteiger partial charge < -0.3 is 14.6 Å². The van der Waals surface area contributed by atoms with Crippen molar-refractivity contribution in [1.29, 1.82) is 0 Å². The van der Waals surface area contributed by atoms with Crippen molar-refractivity contribution in [3.8, 4) is 11.3 Å². The van der Waals surface area contributed by atoms with Crippen LogP contribution in [0.5, 0.6) is 0 Å². The first-order chi connectivity index (χ1) is 13.8. The van der Waals surface area contributed by atoms with E-state index in [1.54, 1.807) is 6.07 Å². The molecule has 2 amide bonds. The van der Waals surface area contributed by atoms with E-state index < -0.39 is 22.6 Å². The molecule has 0 unspecified atom stereocenters. The maximum atomic E-state index is 12.9. The molecule has 148 valence electrons. The standard InChI is InChI=1S/C20H16FN3O5/c1-23(12-19(25)22-15-6-4-14(21)5-7-15)20(26)18-11-10-17(29-18)13-2-8-16(9-3-13)24(27)28/h2-11H,12H2,1H3,(H,22,25). The quantitative estimate of drug-likeness (QED) is 0.504. The maximum absolute atomic E-state index is 12.9. The average Bonchev–Trinajstić information content (AvgIpc) is 3.19. The Morgan fingerprint density at radius 3 is 2.34 bits per heavy atom. The molecule has 0 saturated carbocycles. The van der Waals surface area contributed by atoms with Crippen molar-refractivity contribution in [2.24, 2.45) is 0 Å². The topological polar surface area (TPSA) is 106 Å². The third-order valence-corrected chi connectivity index (χ3v) is 4.03. The number of hydrogen-bond donors (Lipinski definition) is 1. The normalized spacial score (nSPS) is 10.4. The number of halogens is 1. The minimum atomic E-state index is -0.507. The van der Waals surface area contributed by atoms with Crippen LogP contribution in [0, 0.1) is 15.9 Å². The van der Waals surface area contributed by atoms with E-state index in [4.69, 9.17) is 4.42 Å². The highest BCUT2D eigenvalue weighted by Gasteiger charge is 2.19. The number of carbonyl (C=O) groups excluding carboxylic acids is 2. The fourth-order valence-corrected chi connectivity index (χ4v) is 2.56. The Bertz CT molecular complexity index is 1040. The van der Waals surface area contributed by atoms with Crippen molar-refractivity contribution in [2.75, 3.05) is 18.9 Å². The molecule has 1 aromatic heterocycles. The van der Waals surface area contributed by atoms with E-state index >= 15 is 0 Å². The summed E-state index contributed by atoms with van der Waals surface area (Å²) < 4.78 is 18.4. The van der Waals surface area contributed by atoms with Crippen LogP contribution in [-0.4, -0.2) is 35.2 Å². The van der Waals surface area contributed by atoms with Gasteiger partial charge in [-0.3, -0.25) is 19.7 Å². The van der Waals surface area contributed by atoms with Crippen LogP contribution < -0.4 is 5.32 Å². The Kier molecular flexibility index (Phi) is 5.68. The van der Waals surface area contributed by atoms with Gasteiger partial charge in [-0.15, -0.1) is 0 Å². The molecule has 0 atom stereocenters. The van der Waals surface area contributed by atoms with Crippen molar-refractivity contribution in [3.63, 3.8) is 0 Å². The number of hydrogen-bond acceptors (Lipinski definition) is 5.